The fourth-order valence-electron chi connectivity index (χ4n) is 2.55. The number of benzene rings is 1. The highest BCUT2D eigenvalue weighted by Crippen LogP contribution is 2.29. The largest absolute Gasteiger partial charge is 0.309 e. The zero-order valence-corrected chi connectivity index (χ0v) is 12.7. The van der Waals surface area contributed by atoms with Crippen molar-refractivity contribution in [3.8, 4) is 0 Å². The number of halogens is 1. The summed E-state index contributed by atoms with van der Waals surface area (Å²) in [5.41, 5.74) is 4.21. The van der Waals surface area contributed by atoms with Gasteiger partial charge in [-0.1, -0.05) is 23.7 Å². The van der Waals surface area contributed by atoms with Crippen LogP contribution in [0.4, 0.5) is 0 Å². The smallest absolute Gasteiger partial charge is 0.0705 e. The summed E-state index contributed by atoms with van der Waals surface area (Å²) in [5, 5.41) is 5.11. The molecule has 0 bridgehead atoms. The molecule has 0 amide bonds. The van der Waals surface area contributed by atoms with Crippen molar-refractivity contribution in [3.05, 3.63) is 70.6 Å². The molecule has 3 rings (SSSR count). The van der Waals surface area contributed by atoms with Gasteiger partial charge in [-0.05, 0) is 49.4 Å². The number of hydrogen-bond donors (Lipinski definition) is 1. The Morgan fingerprint density at radius 1 is 1.14 bits per heavy atom. The minimum atomic E-state index is 0.0335. The van der Waals surface area contributed by atoms with E-state index in [1.165, 1.54) is 0 Å². The molecule has 0 aliphatic carbocycles. The van der Waals surface area contributed by atoms with E-state index in [1.54, 1.807) is 12.4 Å². The van der Waals surface area contributed by atoms with Crippen molar-refractivity contribution < 1.29 is 0 Å². The Labute approximate surface area is 129 Å². The SMILES string of the molecule is CNC(c1ccc2nc(C)ccc2c1)c1ccncc1Cl. The Morgan fingerprint density at radius 2 is 2.00 bits per heavy atom. The summed E-state index contributed by atoms with van der Waals surface area (Å²) >= 11 is 6.27. The van der Waals surface area contributed by atoms with Crippen LogP contribution in [0.1, 0.15) is 22.9 Å². The number of rotatable bonds is 3. The van der Waals surface area contributed by atoms with E-state index in [-0.39, 0.29) is 6.04 Å². The molecule has 0 saturated carbocycles. The van der Waals surface area contributed by atoms with Gasteiger partial charge in [0.05, 0.1) is 16.6 Å². The second-order valence-corrected chi connectivity index (χ2v) is 5.43. The van der Waals surface area contributed by atoms with Gasteiger partial charge in [0.2, 0.25) is 0 Å². The van der Waals surface area contributed by atoms with Crippen LogP contribution in [0.5, 0.6) is 0 Å². The Hall–Kier alpha value is -1.97. The lowest BCUT2D eigenvalue weighted by Crippen LogP contribution is -2.18. The highest BCUT2D eigenvalue weighted by atomic mass is 35.5. The quantitative estimate of drug-likeness (QED) is 0.797. The molecule has 1 N–H and O–H groups in total. The van der Waals surface area contributed by atoms with E-state index in [0.717, 1.165) is 27.7 Å². The molecule has 1 atom stereocenters. The number of pyridine rings is 2. The summed E-state index contributed by atoms with van der Waals surface area (Å²) in [7, 11) is 1.93. The molecule has 0 aliphatic rings. The monoisotopic (exact) mass is 297 g/mol. The summed E-state index contributed by atoms with van der Waals surface area (Å²) in [5.74, 6) is 0. The van der Waals surface area contributed by atoms with Gasteiger partial charge in [0, 0.05) is 23.5 Å². The van der Waals surface area contributed by atoms with Crippen LogP contribution >= 0.6 is 11.6 Å². The van der Waals surface area contributed by atoms with Gasteiger partial charge in [0.1, 0.15) is 0 Å². The van der Waals surface area contributed by atoms with Crippen molar-refractivity contribution in [2.24, 2.45) is 0 Å². The number of aromatic nitrogens is 2. The first-order chi connectivity index (χ1) is 10.2. The van der Waals surface area contributed by atoms with Crippen LogP contribution < -0.4 is 5.32 Å². The Bertz CT molecular complexity index is 786. The van der Waals surface area contributed by atoms with Crippen LogP contribution in [0.2, 0.25) is 5.02 Å². The molecule has 2 aromatic heterocycles. The van der Waals surface area contributed by atoms with Crippen molar-refractivity contribution in [1.82, 2.24) is 15.3 Å². The molecule has 1 unspecified atom stereocenters. The fraction of sp³-hybridized carbons (Fsp3) is 0.176. The van der Waals surface area contributed by atoms with E-state index < -0.39 is 0 Å². The second kappa shape index (κ2) is 5.80. The van der Waals surface area contributed by atoms with E-state index >= 15 is 0 Å². The molecule has 3 nitrogen and oxygen atoms in total. The molecule has 0 aliphatic heterocycles. The molecule has 4 heteroatoms. The first-order valence-electron chi connectivity index (χ1n) is 6.83. The lowest BCUT2D eigenvalue weighted by Gasteiger charge is -2.18. The molecular formula is C17H16ClN3. The third-order valence-corrected chi connectivity index (χ3v) is 3.91. The summed E-state index contributed by atoms with van der Waals surface area (Å²) in [6, 6.07) is 12.4. The van der Waals surface area contributed by atoms with Crippen LogP contribution in [0, 0.1) is 6.92 Å². The van der Waals surface area contributed by atoms with Gasteiger partial charge >= 0.3 is 0 Å². The van der Waals surface area contributed by atoms with Crippen molar-refractivity contribution in [2.75, 3.05) is 7.05 Å². The molecule has 3 aromatic rings. The predicted molar refractivity (Wildman–Crippen MR) is 86.6 cm³/mol. The molecule has 0 radical (unpaired) electrons. The maximum absolute atomic E-state index is 6.27. The summed E-state index contributed by atoms with van der Waals surface area (Å²) in [4.78, 5) is 8.58. The van der Waals surface area contributed by atoms with E-state index in [1.807, 2.05) is 26.1 Å². The average Bonchev–Trinajstić information content (AvgIpc) is 2.50. The van der Waals surface area contributed by atoms with Crippen LogP contribution in [0.25, 0.3) is 10.9 Å². The van der Waals surface area contributed by atoms with Gasteiger partial charge in [-0.15, -0.1) is 0 Å². The average molecular weight is 298 g/mol. The Morgan fingerprint density at radius 3 is 2.76 bits per heavy atom. The zero-order chi connectivity index (χ0) is 14.8. The number of nitrogens with one attached hydrogen (secondary N) is 1. The van der Waals surface area contributed by atoms with E-state index in [2.05, 4.69) is 39.6 Å². The Balaban J connectivity index is 2.09. The third-order valence-electron chi connectivity index (χ3n) is 3.59. The van der Waals surface area contributed by atoms with Crippen LogP contribution in [0.15, 0.2) is 48.8 Å². The lowest BCUT2D eigenvalue weighted by atomic mass is 9.98. The molecule has 2 heterocycles. The van der Waals surface area contributed by atoms with Gasteiger partial charge in [-0.2, -0.15) is 0 Å². The zero-order valence-electron chi connectivity index (χ0n) is 12.0. The minimum absolute atomic E-state index is 0.0335. The van der Waals surface area contributed by atoms with Crippen molar-refractivity contribution in [1.29, 1.82) is 0 Å². The van der Waals surface area contributed by atoms with Gasteiger partial charge in [-0.3, -0.25) is 9.97 Å². The molecule has 0 spiro atoms. The van der Waals surface area contributed by atoms with Crippen molar-refractivity contribution in [3.63, 3.8) is 0 Å². The van der Waals surface area contributed by atoms with Crippen LogP contribution in [-0.2, 0) is 0 Å². The molecule has 1 aromatic carbocycles. The second-order valence-electron chi connectivity index (χ2n) is 5.02. The maximum atomic E-state index is 6.27. The minimum Gasteiger partial charge on any atom is -0.309 e. The molecule has 21 heavy (non-hydrogen) atoms. The lowest BCUT2D eigenvalue weighted by molar-refractivity contribution is 0.692. The third kappa shape index (κ3) is 2.75. The highest BCUT2D eigenvalue weighted by Gasteiger charge is 2.15. The number of hydrogen-bond acceptors (Lipinski definition) is 3. The van der Waals surface area contributed by atoms with Crippen LogP contribution in [0.3, 0.4) is 0 Å². The molecule has 0 fully saturated rings. The summed E-state index contributed by atoms with van der Waals surface area (Å²) < 4.78 is 0. The van der Waals surface area contributed by atoms with Crippen molar-refractivity contribution in [2.45, 2.75) is 13.0 Å². The van der Waals surface area contributed by atoms with Gasteiger partial charge in [0.25, 0.3) is 0 Å². The van der Waals surface area contributed by atoms with E-state index in [9.17, 15) is 0 Å². The number of fused-ring (bicyclic) bond motifs is 1. The summed E-state index contributed by atoms with van der Waals surface area (Å²) in [6.07, 6.45) is 3.44. The Kier molecular flexibility index (Phi) is 3.86. The van der Waals surface area contributed by atoms with Gasteiger partial charge in [0.15, 0.2) is 0 Å². The standard InChI is InChI=1S/C17H16ClN3/c1-11-3-4-12-9-13(5-6-16(12)21-11)17(19-2)14-7-8-20-10-15(14)18/h3-10,17,19H,1-2H3. The van der Waals surface area contributed by atoms with Crippen molar-refractivity contribution >= 4 is 22.5 Å². The number of aryl methyl sites for hydroxylation is 1. The predicted octanol–water partition coefficient (Wildman–Crippen LogP) is 3.90. The first-order valence-corrected chi connectivity index (χ1v) is 7.21. The van der Waals surface area contributed by atoms with Gasteiger partial charge < -0.3 is 5.32 Å². The van der Waals surface area contributed by atoms with Gasteiger partial charge in [-0.25, -0.2) is 0 Å². The van der Waals surface area contributed by atoms with E-state index in [0.29, 0.717) is 5.02 Å². The fourth-order valence-corrected chi connectivity index (χ4v) is 2.78. The highest BCUT2D eigenvalue weighted by molar-refractivity contribution is 6.31. The summed E-state index contributed by atoms with van der Waals surface area (Å²) in [6.45, 7) is 2.00. The molecular weight excluding hydrogens is 282 g/mol. The maximum Gasteiger partial charge on any atom is 0.0705 e. The number of nitrogens with zero attached hydrogens (tertiary/aromatic N) is 2. The normalized spacial score (nSPS) is 12.5. The van der Waals surface area contributed by atoms with E-state index in [4.69, 9.17) is 11.6 Å². The topological polar surface area (TPSA) is 37.8 Å². The molecule has 0 saturated heterocycles. The first kappa shape index (κ1) is 14.0. The molecule has 106 valence electrons. The van der Waals surface area contributed by atoms with Crippen LogP contribution in [-0.4, -0.2) is 17.0 Å².